The second-order valence-electron chi connectivity index (χ2n) is 1.67. The number of halogens is 5. The first-order chi connectivity index (χ1) is 4.46. The SMILES string of the molecule is NC(F)C(F)C(F)C(F)F. The average Bonchev–Trinajstić information content (AvgIpc) is 1.84. The maximum atomic E-state index is 11.8. The lowest BCUT2D eigenvalue weighted by Gasteiger charge is -2.12. The van der Waals surface area contributed by atoms with E-state index in [1.807, 2.05) is 0 Å². The van der Waals surface area contributed by atoms with Crippen LogP contribution in [-0.4, -0.2) is 25.1 Å². The molecule has 0 aromatic rings. The molecule has 0 saturated heterocycles. The van der Waals surface area contributed by atoms with E-state index >= 15 is 0 Å². The molecular formula is C4H6F5N. The van der Waals surface area contributed by atoms with Crippen LogP contribution in [0.1, 0.15) is 0 Å². The third kappa shape index (κ3) is 2.47. The lowest BCUT2D eigenvalue weighted by atomic mass is 10.2. The molecule has 0 aromatic heterocycles. The van der Waals surface area contributed by atoms with Crippen LogP contribution in [0, 0.1) is 0 Å². The normalized spacial score (nSPS) is 20.7. The summed E-state index contributed by atoms with van der Waals surface area (Å²) in [7, 11) is 0. The summed E-state index contributed by atoms with van der Waals surface area (Å²) in [6.45, 7) is 0. The third-order valence-corrected chi connectivity index (χ3v) is 0.849. The van der Waals surface area contributed by atoms with Crippen molar-refractivity contribution in [1.29, 1.82) is 0 Å². The first-order valence-electron chi connectivity index (χ1n) is 2.42. The van der Waals surface area contributed by atoms with Crippen LogP contribution in [0.4, 0.5) is 22.0 Å². The molecule has 0 rings (SSSR count). The molecular weight excluding hydrogens is 157 g/mol. The van der Waals surface area contributed by atoms with Gasteiger partial charge in [-0.05, 0) is 0 Å². The van der Waals surface area contributed by atoms with E-state index in [4.69, 9.17) is 0 Å². The van der Waals surface area contributed by atoms with Crippen molar-refractivity contribution < 1.29 is 22.0 Å². The van der Waals surface area contributed by atoms with Gasteiger partial charge < -0.3 is 0 Å². The highest BCUT2D eigenvalue weighted by Gasteiger charge is 2.34. The highest BCUT2D eigenvalue weighted by molar-refractivity contribution is 4.74. The van der Waals surface area contributed by atoms with Gasteiger partial charge in [-0.25, -0.2) is 22.0 Å². The number of hydrogen-bond acceptors (Lipinski definition) is 1. The summed E-state index contributed by atoms with van der Waals surface area (Å²) in [5.41, 5.74) is 4.16. The van der Waals surface area contributed by atoms with Gasteiger partial charge in [0.2, 0.25) is 0 Å². The van der Waals surface area contributed by atoms with Crippen molar-refractivity contribution in [3.05, 3.63) is 0 Å². The average molecular weight is 163 g/mol. The zero-order chi connectivity index (χ0) is 8.31. The van der Waals surface area contributed by atoms with Crippen LogP contribution in [-0.2, 0) is 0 Å². The zero-order valence-corrected chi connectivity index (χ0v) is 4.78. The van der Waals surface area contributed by atoms with Gasteiger partial charge in [-0.3, -0.25) is 5.73 Å². The van der Waals surface area contributed by atoms with Crippen LogP contribution in [0.2, 0.25) is 0 Å². The van der Waals surface area contributed by atoms with Crippen molar-refractivity contribution >= 4 is 0 Å². The Balaban J connectivity index is 3.81. The van der Waals surface area contributed by atoms with Gasteiger partial charge in [0.1, 0.15) is 0 Å². The van der Waals surface area contributed by atoms with Gasteiger partial charge in [-0.15, -0.1) is 0 Å². The minimum absolute atomic E-state index is 2.69. The molecule has 0 heterocycles. The van der Waals surface area contributed by atoms with Crippen LogP contribution >= 0.6 is 0 Å². The van der Waals surface area contributed by atoms with E-state index in [2.05, 4.69) is 5.73 Å². The van der Waals surface area contributed by atoms with Crippen molar-refractivity contribution in [2.45, 2.75) is 25.1 Å². The van der Waals surface area contributed by atoms with Crippen LogP contribution in [0.25, 0.3) is 0 Å². The highest BCUT2D eigenvalue weighted by atomic mass is 19.3. The van der Waals surface area contributed by atoms with Gasteiger partial charge in [-0.2, -0.15) is 0 Å². The molecule has 2 N–H and O–H groups in total. The monoisotopic (exact) mass is 163 g/mol. The smallest absolute Gasteiger partial charge is 0.272 e. The lowest BCUT2D eigenvalue weighted by Crippen LogP contribution is -2.38. The van der Waals surface area contributed by atoms with E-state index in [-0.39, 0.29) is 0 Å². The number of rotatable bonds is 3. The number of alkyl halides is 5. The molecule has 0 spiro atoms. The standard InChI is InChI=1S/C4H6F5N/c5-1(3(7)8)2(6)4(9)10/h1-4H,10H2. The summed E-state index contributed by atoms with van der Waals surface area (Å²) in [4.78, 5) is 0. The van der Waals surface area contributed by atoms with Crippen molar-refractivity contribution in [3.63, 3.8) is 0 Å². The minimum atomic E-state index is -3.53. The fourth-order valence-electron chi connectivity index (χ4n) is 0.315. The molecule has 62 valence electrons. The van der Waals surface area contributed by atoms with Gasteiger partial charge in [0.05, 0.1) is 0 Å². The van der Waals surface area contributed by atoms with Crippen molar-refractivity contribution in [1.82, 2.24) is 0 Å². The Kier molecular flexibility index (Phi) is 3.55. The summed E-state index contributed by atoms with van der Waals surface area (Å²) in [6, 6.07) is 0. The summed E-state index contributed by atoms with van der Waals surface area (Å²) >= 11 is 0. The first-order valence-corrected chi connectivity index (χ1v) is 2.42. The summed E-state index contributed by atoms with van der Waals surface area (Å²) in [5.74, 6) is 0. The lowest BCUT2D eigenvalue weighted by molar-refractivity contribution is -0.0217. The van der Waals surface area contributed by atoms with E-state index in [9.17, 15) is 22.0 Å². The molecule has 10 heavy (non-hydrogen) atoms. The first kappa shape index (κ1) is 9.61. The van der Waals surface area contributed by atoms with E-state index in [0.717, 1.165) is 0 Å². The van der Waals surface area contributed by atoms with Gasteiger partial charge >= 0.3 is 0 Å². The van der Waals surface area contributed by atoms with E-state index in [1.165, 1.54) is 0 Å². The Hall–Kier alpha value is -0.390. The van der Waals surface area contributed by atoms with Crippen molar-refractivity contribution in [2.24, 2.45) is 5.73 Å². The fourth-order valence-corrected chi connectivity index (χ4v) is 0.315. The van der Waals surface area contributed by atoms with Crippen LogP contribution in [0.3, 0.4) is 0 Å². The molecule has 0 aliphatic carbocycles. The Morgan fingerprint density at radius 1 is 0.800 bits per heavy atom. The topological polar surface area (TPSA) is 26.0 Å². The molecule has 6 heteroatoms. The fraction of sp³-hybridized carbons (Fsp3) is 1.00. The largest absolute Gasteiger partial charge is 0.299 e. The molecule has 3 atom stereocenters. The Labute approximate surface area is 54.0 Å². The Morgan fingerprint density at radius 3 is 1.30 bits per heavy atom. The number of hydrogen-bond donors (Lipinski definition) is 1. The van der Waals surface area contributed by atoms with E-state index in [0.29, 0.717) is 0 Å². The van der Waals surface area contributed by atoms with Gasteiger partial charge in [-0.1, -0.05) is 0 Å². The van der Waals surface area contributed by atoms with Crippen LogP contribution in [0.5, 0.6) is 0 Å². The molecule has 0 aromatic carbocycles. The Morgan fingerprint density at radius 2 is 1.20 bits per heavy atom. The third-order valence-electron chi connectivity index (χ3n) is 0.849. The number of nitrogens with two attached hydrogens (primary N) is 1. The summed E-state index contributed by atoms with van der Waals surface area (Å²) in [5, 5.41) is 0. The second-order valence-corrected chi connectivity index (χ2v) is 1.67. The predicted octanol–water partition coefficient (Wildman–Crippen LogP) is 1.18. The van der Waals surface area contributed by atoms with Gasteiger partial charge in [0.15, 0.2) is 18.6 Å². The summed E-state index contributed by atoms with van der Waals surface area (Å²) in [6.07, 6.45) is -12.3. The maximum absolute atomic E-state index is 11.8. The quantitative estimate of drug-likeness (QED) is 0.490. The molecule has 3 unspecified atom stereocenters. The molecule has 0 saturated carbocycles. The zero-order valence-electron chi connectivity index (χ0n) is 4.78. The van der Waals surface area contributed by atoms with Crippen molar-refractivity contribution in [2.75, 3.05) is 0 Å². The second kappa shape index (κ2) is 3.70. The molecule has 0 radical (unpaired) electrons. The molecule has 0 aliphatic rings. The predicted molar refractivity (Wildman–Crippen MR) is 24.9 cm³/mol. The van der Waals surface area contributed by atoms with E-state index < -0.39 is 25.1 Å². The molecule has 0 aliphatic heterocycles. The summed E-state index contributed by atoms with van der Waals surface area (Å²) < 4.78 is 57.5. The maximum Gasteiger partial charge on any atom is 0.272 e. The molecule has 1 nitrogen and oxygen atoms in total. The molecule has 0 bridgehead atoms. The van der Waals surface area contributed by atoms with Crippen LogP contribution in [0.15, 0.2) is 0 Å². The van der Waals surface area contributed by atoms with Crippen molar-refractivity contribution in [3.8, 4) is 0 Å². The Bertz CT molecular complexity index is 83.6. The van der Waals surface area contributed by atoms with Gasteiger partial charge in [0.25, 0.3) is 6.43 Å². The highest BCUT2D eigenvalue weighted by Crippen LogP contribution is 2.15. The van der Waals surface area contributed by atoms with E-state index in [1.54, 1.807) is 0 Å². The molecule has 0 amide bonds. The molecule has 0 fully saturated rings. The minimum Gasteiger partial charge on any atom is -0.299 e. The van der Waals surface area contributed by atoms with Crippen LogP contribution < -0.4 is 5.73 Å². The van der Waals surface area contributed by atoms with Gasteiger partial charge in [0, 0.05) is 0 Å².